The fourth-order valence-corrected chi connectivity index (χ4v) is 4.85. The Labute approximate surface area is 213 Å². The highest BCUT2D eigenvalue weighted by Crippen LogP contribution is 2.42. The van der Waals surface area contributed by atoms with Gasteiger partial charge >= 0.3 is 5.97 Å². The number of thiocarbonyl (C=S) groups is 1. The summed E-state index contributed by atoms with van der Waals surface area (Å²) in [5.41, 5.74) is 4.21. The monoisotopic (exact) mass is 497 g/mol. The molecule has 0 radical (unpaired) electrons. The second-order valence-electron chi connectivity index (χ2n) is 8.38. The molecule has 1 amide bonds. The number of benzene rings is 2. The lowest BCUT2D eigenvalue weighted by molar-refractivity contribution is -0.114. The zero-order valence-corrected chi connectivity index (χ0v) is 20.1. The molecule has 1 aliphatic heterocycles. The van der Waals surface area contributed by atoms with Crippen LogP contribution in [-0.2, 0) is 4.79 Å². The van der Waals surface area contributed by atoms with Crippen LogP contribution in [0.5, 0.6) is 0 Å². The summed E-state index contributed by atoms with van der Waals surface area (Å²) >= 11 is 5.80. The molecule has 2 aromatic carbocycles. The third-order valence-electron chi connectivity index (χ3n) is 6.02. The maximum absolute atomic E-state index is 11.6. The maximum atomic E-state index is 11.6. The first-order valence-electron chi connectivity index (χ1n) is 11.3. The molecule has 4 aromatic rings. The number of carbonyl (C=O) groups is 2. The Hall–Kier alpha value is -4.50. The molecule has 0 bridgehead atoms. The zero-order chi connectivity index (χ0) is 25.2. The second-order valence-corrected chi connectivity index (χ2v) is 8.77. The number of pyridine rings is 1. The Morgan fingerprint density at radius 2 is 1.81 bits per heavy atom. The summed E-state index contributed by atoms with van der Waals surface area (Å²) in [6.45, 7) is 1.47. The first kappa shape index (κ1) is 23.3. The van der Waals surface area contributed by atoms with Crippen LogP contribution in [0.1, 0.15) is 40.8 Å². The number of rotatable bonds is 6. The Balaban J connectivity index is 1.62. The number of hydrogen-bond donors (Lipinski definition) is 3. The molecule has 36 heavy (non-hydrogen) atoms. The molecule has 0 spiro atoms. The van der Waals surface area contributed by atoms with Gasteiger partial charge in [0, 0.05) is 42.1 Å². The Bertz CT molecular complexity index is 1440. The van der Waals surface area contributed by atoms with Crippen molar-refractivity contribution in [3.63, 3.8) is 0 Å². The summed E-state index contributed by atoms with van der Waals surface area (Å²) in [5, 5.41) is 16.3. The molecular weight excluding hydrogens is 474 g/mol. The highest BCUT2D eigenvalue weighted by Gasteiger charge is 2.42. The topological polar surface area (TPSA) is 99.5 Å². The van der Waals surface area contributed by atoms with Gasteiger partial charge in [-0.05, 0) is 78.9 Å². The molecule has 2 atom stereocenters. The van der Waals surface area contributed by atoms with Crippen LogP contribution >= 0.6 is 12.2 Å². The van der Waals surface area contributed by atoms with Gasteiger partial charge in [0.1, 0.15) is 6.04 Å². The van der Waals surface area contributed by atoms with Gasteiger partial charge in [0.15, 0.2) is 5.11 Å². The summed E-state index contributed by atoms with van der Waals surface area (Å²) in [6.07, 6.45) is 3.66. The first-order valence-corrected chi connectivity index (χ1v) is 11.7. The van der Waals surface area contributed by atoms with E-state index in [1.807, 2.05) is 76.3 Å². The molecule has 0 saturated carbocycles. The minimum atomic E-state index is -0.985. The Morgan fingerprint density at radius 1 is 1.00 bits per heavy atom. The van der Waals surface area contributed by atoms with Crippen molar-refractivity contribution in [2.24, 2.45) is 0 Å². The fraction of sp³-hybridized carbons (Fsp3) is 0.111. The van der Waals surface area contributed by atoms with Crippen LogP contribution in [0, 0.1) is 0 Å². The van der Waals surface area contributed by atoms with Gasteiger partial charge in [-0.1, -0.05) is 12.1 Å². The number of anilines is 2. The minimum Gasteiger partial charge on any atom is -0.478 e. The lowest BCUT2D eigenvalue weighted by Crippen LogP contribution is -2.30. The lowest BCUT2D eigenvalue weighted by Gasteiger charge is -2.29. The van der Waals surface area contributed by atoms with Crippen LogP contribution in [0.4, 0.5) is 11.4 Å². The number of nitrogens with one attached hydrogen (secondary N) is 2. The number of carboxylic acids is 1. The average Bonchev–Trinajstić information content (AvgIpc) is 3.49. The molecule has 0 aliphatic carbocycles. The SMILES string of the molecule is CC(=O)Nc1ccc(N2C(=S)N[C@@H](c3ccccn3)[C@H]2c2cccn2-c2cccc(C(=O)O)c2)cc1. The molecule has 2 aromatic heterocycles. The molecule has 1 aliphatic rings. The van der Waals surface area contributed by atoms with E-state index in [4.69, 9.17) is 12.2 Å². The van der Waals surface area contributed by atoms with Crippen molar-refractivity contribution in [3.8, 4) is 5.69 Å². The fourth-order valence-electron chi connectivity index (χ4n) is 4.50. The average molecular weight is 498 g/mol. The summed E-state index contributed by atoms with van der Waals surface area (Å²) in [4.78, 5) is 29.7. The molecule has 0 unspecified atom stereocenters. The van der Waals surface area contributed by atoms with Gasteiger partial charge in [0.25, 0.3) is 0 Å². The number of carboxylic acid groups (broad SMARTS) is 1. The second kappa shape index (κ2) is 9.63. The smallest absolute Gasteiger partial charge is 0.335 e. The predicted molar refractivity (Wildman–Crippen MR) is 141 cm³/mol. The van der Waals surface area contributed by atoms with Crippen LogP contribution in [0.15, 0.2) is 91.3 Å². The Kier molecular flexibility index (Phi) is 6.22. The van der Waals surface area contributed by atoms with E-state index in [1.165, 1.54) is 6.92 Å². The van der Waals surface area contributed by atoms with Crippen LogP contribution in [0.2, 0.25) is 0 Å². The lowest BCUT2D eigenvalue weighted by atomic mass is 10.0. The van der Waals surface area contributed by atoms with E-state index in [9.17, 15) is 14.7 Å². The van der Waals surface area contributed by atoms with Crippen molar-refractivity contribution in [1.82, 2.24) is 14.9 Å². The van der Waals surface area contributed by atoms with Gasteiger partial charge < -0.3 is 25.2 Å². The third-order valence-corrected chi connectivity index (χ3v) is 6.33. The first-order chi connectivity index (χ1) is 17.4. The van der Waals surface area contributed by atoms with Crippen molar-refractivity contribution in [2.75, 3.05) is 10.2 Å². The predicted octanol–water partition coefficient (Wildman–Crippen LogP) is 4.71. The van der Waals surface area contributed by atoms with E-state index in [0.717, 1.165) is 22.8 Å². The van der Waals surface area contributed by atoms with E-state index in [2.05, 4.69) is 15.6 Å². The van der Waals surface area contributed by atoms with Crippen molar-refractivity contribution in [2.45, 2.75) is 19.0 Å². The van der Waals surface area contributed by atoms with E-state index < -0.39 is 5.97 Å². The van der Waals surface area contributed by atoms with Gasteiger partial charge in [-0.3, -0.25) is 9.78 Å². The molecule has 3 heterocycles. The van der Waals surface area contributed by atoms with Gasteiger partial charge in [0.05, 0.1) is 17.3 Å². The zero-order valence-electron chi connectivity index (χ0n) is 19.3. The largest absolute Gasteiger partial charge is 0.478 e. The van der Waals surface area contributed by atoms with E-state index in [1.54, 1.807) is 24.4 Å². The van der Waals surface area contributed by atoms with E-state index >= 15 is 0 Å². The highest BCUT2D eigenvalue weighted by atomic mass is 32.1. The van der Waals surface area contributed by atoms with E-state index in [-0.39, 0.29) is 23.6 Å². The molecule has 3 N–H and O–H groups in total. The Morgan fingerprint density at radius 3 is 2.50 bits per heavy atom. The number of aromatic carboxylic acids is 1. The van der Waals surface area contributed by atoms with Gasteiger partial charge in [-0.25, -0.2) is 4.79 Å². The summed E-state index contributed by atoms with van der Waals surface area (Å²) < 4.78 is 1.97. The molecule has 1 fully saturated rings. The molecule has 9 heteroatoms. The molecule has 8 nitrogen and oxygen atoms in total. The van der Waals surface area contributed by atoms with Crippen LogP contribution < -0.4 is 15.5 Å². The van der Waals surface area contributed by atoms with Crippen LogP contribution in [0.25, 0.3) is 5.69 Å². The molecular formula is C27H23N5O3S. The standard InChI is InChI=1S/C27H23N5O3S/c1-17(33)29-19-10-12-20(13-11-19)32-25(24(30-27(32)36)22-8-2-3-14-28-22)23-9-5-15-31(23)21-7-4-6-18(16-21)26(34)35/h2-16,24-25H,1H3,(H,29,33)(H,30,36)(H,34,35)/t24-,25+/m0/s1. The van der Waals surface area contributed by atoms with Gasteiger partial charge in [-0.15, -0.1) is 0 Å². The maximum Gasteiger partial charge on any atom is 0.335 e. The molecule has 1 saturated heterocycles. The summed E-state index contributed by atoms with van der Waals surface area (Å²) in [6, 6.07) is 23.4. The number of nitrogens with zero attached hydrogens (tertiary/aromatic N) is 3. The summed E-state index contributed by atoms with van der Waals surface area (Å²) in [7, 11) is 0. The van der Waals surface area contributed by atoms with Crippen molar-refractivity contribution in [3.05, 3.63) is 108 Å². The number of hydrogen-bond acceptors (Lipinski definition) is 4. The summed E-state index contributed by atoms with van der Waals surface area (Å²) in [5.74, 6) is -1.13. The van der Waals surface area contributed by atoms with E-state index in [0.29, 0.717) is 10.8 Å². The number of amides is 1. The normalized spacial score (nSPS) is 17.0. The third kappa shape index (κ3) is 4.44. The van der Waals surface area contributed by atoms with Crippen molar-refractivity contribution >= 4 is 40.6 Å². The van der Waals surface area contributed by atoms with Gasteiger partial charge in [-0.2, -0.15) is 0 Å². The van der Waals surface area contributed by atoms with Crippen molar-refractivity contribution in [1.29, 1.82) is 0 Å². The molecule has 5 rings (SSSR count). The minimum absolute atomic E-state index is 0.143. The highest BCUT2D eigenvalue weighted by molar-refractivity contribution is 7.80. The molecule has 180 valence electrons. The quantitative estimate of drug-likeness (QED) is 0.332. The van der Waals surface area contributed by atoms with Crippen LogP contribution in [0.3, 0.4) is 0 Å². The number of carbonyl (C=O) groups excluding carboxylic acids is 1. The number of aromatic nitrogens is 2. The van der Waals surface area contributed by atoms with Crippen LogP contribution in [-0.4, -0.2) is 31.6 Å². The van der Waals surface area contributed by atoms with Crippen molar-refractivity contribution < 1.29 is 14.7 Å². The van der Waals surface area contributed by atoms with Gasteiger partial charge in [0.2, 0.25) is 5.91 Å².